The van der Waals surface area contributed by atoms with E-state index in [-0.39, 0.29) is 16.6 Å². The van der Waals surface area contributed by atoms with Crippen molar-refractivity contribution in [3.8, 4) is 11.3 Å². The second kappa shape index (κ2) is 10.4. The van der Waals surface area contributed by atoms with Gasteiger partial charge in [0.25, 0.3) is 15.9 Å². The summed E-state index contributed by atoms with van der Waals surface area (Å²) in [6.45, 7) is 1.66. The van der Waals surface area contributed by atoms with Crippen molar-refractivity contribution < 1.29 is 13.2 Å². The van der Waals surface area contributed by atoms with E-state index in [1.165, 1.54) is 36.5 Å². The second-order valence-corrected chi connectivity index (χ2v) is 10.8. The number of hydrogen-bond donors (Lipinski definition) is 2. The molecule has 38 heavy (non-hydrogen) atoms. The third-order valence-electron chi connectivity index (χ3n) is 5.61. The number of sulfonamides is 1. The number of benzene rings is 3. The zero-order chi connectivity index (χ0) is 26.9. The topological polar surface area (TPSA) is 114 Å². The minimum atomic E-state index is -3.88. The van der Waals surface area contributed by atoms with Crippen LogP contribution in [0.15, 0.2) is 90.0 Å². The minimum Gasteiger partial charge on any atom is -0.322 e. The summed E-state index contributed by atoms with van der Waals surface area (Å²) in [6.07, 6.45) is 1.47. The zero-order valence-corrected chi connectivity index (χ0v) is 22.1. The summed E-state index contributed by atoms with van der Waals surface area (Å²) in [5.74, 6) is 0.213. The molecule has 0 bridgehead atoms. The van der Waals surface area contributed by atoms with E-state index in [0.717, 1.165) is 0 Å². The number of fused-ring (bicyclic) bond motifs is 1. The molecule has 0 aliphatic rings. The number of nitrogens with zero attached hydrogens (tertiary/aromatic N) is 3. The number of amides is 1. The highest BCUT2D eigenvalue weighted by molar-refractivity contribution is 7.92. The number of aromatic nitrogens is 3. The van der Waals surface area contributed by atoms with Crippen LogP contribution in [-0.4, -0.2) is 29.3 Å². The van der Waals surface area contributed by atoms with Crippen molar-refractivity contribution >= 4 is 61.5 Å². The highest BCUT2D eigenvalue weighted by Gasteiger charge is 2.18. The molecule has 0 radical (unpaired) electrons. The van der Waals surface area contributed by atoms with Crippen LogP contribution < -0.4 is 10.0 Å². The van der Waals surface area contributed by atoms with Crippen LogP contribution >= 0.6 is 23.2 Å². The lowest BCUT2D eigenvalue weighted by atomic mass is 10.0. The van der Waals surface area contributed by atoms with E-state index < -0.39 is 10.0 Å². The second-order valence-electron chi connectivity index (χ2n) is 8.27. The fourth-order valence-corrected chi connectivity index (χ4v) is 5.33. The molecular formula is C27H19Cl2N5O3S. The quantitative estimate of drug-likeness (QED) is 0.248. The smallest absolute Gasteiger partial charge is 0.263 e. The van der Waals surface area contributed by atoms with Crippen molar-refractivity contribution in [2.75, 3.05) is 10.0 Å². The Morgan fingerprint density at radius 1 is 0.895 bits per heavy atom. The lowest BCUT2D eigenvalue weighted by molar-refractivity contribution is 0.102. The third-order valence-corrected chi connectivity index (χ3v) is 7.52. The van der Waals surface area contributed by atoms with Crippen molar-refractivity contribution in [3.05, 3.63) is 106 Å². The molecular weight excluding hydrogens is 545 g/mol. The lowest BCUT2D eigenvalue weighted by Crippen LogP contribution is -2.15. The van der Waals surface area contributed by atoms with Gasteiger partial charge in [-0.2, -0.15) is 0 Å². The van der Waals surface area contributed by atoms with Gasteiger partial charge in [0.15, 0.2) is 0 Å². The molecule has 0 atom stereocenters. The van der Waals surface area contributed by atoms with Crippen molar-refractivity contribution in [1.29, 1.82) is 0 Å². The molecule has 11 heteroatoms. The molecule has 5 aromatic rings. The Morgan fingerprint density at radius 3 is 2.39 bits per heavy atom. The molecule has 2 aromatic heterocycles. The summed E-state index contributed by atoms with van der Waals surface area (Å²) in [5.41, 5.74) is 2.57. The Hall–Kier alpha value is -4.05. The van der Waals surface area contributed by atoms with Crippen LogP contribution in [0.2, 0.25) is 10.0 Å². The SMILES string of the molecule is Cc1nccc(NS(=O)(=O)c2ccc(NC(=O)c3cc(-c4ccc(Cl)cc4Cl)nc4ccccc34)cc2)n1. The summed E-state index contributed by atoms with van der Waals surface area (Å²) in [5, 5.41) is 4.39. The average molecular weight is 564 g/mol. The van der Waals surface area contributed by atoms with Gasteiger partial charge in [0.1, 0.15) is 11.6 Å². The number of halogens is 2. The Kier molecular flexibility index (Phi) is 6.98. The first kappa shape index (κ1) is 25.6. The molecule has 0 aliphatic carbocycles. The molecule has 0 spiro atoms. The summed E-state index contributed by atoms with van der Waals surface area (Å²) in [7, 11) is -3.88. The largest absolute Gasteiger partial charge is 0.322 e. The van der Waals surface area contributed by atoms with E-state index in [1.807, 2.05) is 18.2 Å². The van der Waals surface area contributed by atoms with Crippen LogP contribution in [0, 0.1) is 6.92 Å². The van der Waals surface area contributed by atoms with Crippen LogP contribution in [0.3, 0.4) is 0 Å². The van der Waals surface area contributed by atoms with Gasteiger partial charge in [-0.05, 0) is 67.6 Å². The van der Waals surface area contributed by atoms with Gasteiger partial charge in [-0.3, -0.25) is 9.52 Å². The van der Waals surface area contributed by atoms with Crippen molar-refractivity contribution in [2.45, 2.75) is 11.8 Å². The minimum absolute atomic E-state index is 0.0146. The normalized spacial score (nSPS) is 11.3. The number of para-hydroxylation sites is 1. The molecule has 0 fully saturated rings. The maximum atomic E-state index is 13.4. The number of rotatable bonds is 6. The van der Waals surface area contributed by atoms with Gasteiger partial charge in [0.2, 0.25) is 0 Å². The summed E-state index contributed by atoms with van der Waals surface area (Å²) >= 11 is 12.4. The number of carbonyl (C=O) groups excluding carboxylic acids is 1. The molecule has 3 aromatic carbocycles. The van der Waals surface area contributed by atoms with Crippen LogP contribution in [0.4, 0.5) is 11.5 Å². The van der Waals surface area contributed by atoms with E-state index in [0.29, 0.717) is 49.3 Å². The highest BCUT2D eigenvalue weighted by Crippen LogP contribution is 2.32. The van der Waals surface area contributed by atoms with Gasteiger partial charge < -0.3 is 5.32 Å². The van der Waals surface area contributed by atoms with E-state index in [4.69, 9.17) is 23.2 Å². The number of carbonyl (C=O) groups is 1. The molecule has 0 saturated carbocycles. The maximum Gasteiger partial charge on any atom is 0.263 e. The number of anilines is 2. The van der Waals surface area contributed by atoms with Crippen LogP contribution in [0.5, 0.6) is 0 Å². The van der Waals surface area contributed by atoms with E-state index in [2.05, 4.69) is 25.0 Å². The van der Waals surface area contributed by atoms with Gasteiger partial charge in [-0.1, -0.05) is 41.4 Å². The predicted octanol–water partition coefficient (Wildman–Crippen LogP) is 6.36. The lowest BCUT2D eigenvalue weighted by Gasteiger charge is -2.12. The number of hydrogen-bond acceptors (Lipinski definition) is 6. The predicted molar refractivity (Wildman–Crippen MR) is 149 cm³/mol. The first-order valence-electron chi connectivity index (χ1n) is 11.3. The van der Waals surface area contributed by atoms with Crippen molar-refractivity contribution in [2.24, 2.45) is 0 Å². The van der Waals surface area contributed by atoms with Crippen LogP contribution in [0.1, 0.15) is 16.2 Å². The molecule has 2 heterocycles. The monoisotopic (exact) mass is 563 g/mol. The zero-order valence-electron chi connectivity index (χ0n) is 19.8. The van der Waals surface area contributed by atoms with Crippen molar-refractivity contribution in [1.82, 2.24) is 15.0 Å². The third kappa shape index (κ3) is 5.45. The van der Waals surface area contributed by atoms with Gasteiger partial charge in [0.05, 0.1) is 26.7 Å². The molecule has 8 nitrogen and oxygen atoms in total. The van der Waals surface area contributed by atoms with Crippen LogP contribution in [0.25, 0.3) is 22.2 Å². The van der Waals surface area contributed by atoms with Gasteiger partial charge in [-0.15, -0.1) is 0 Å². The Morgan fingerprint density at radius 2 is 1.66 bits per heavy atom. The summed E-state index contributed by atoms with van der Waals surface area (Å²) < 4.78 is 27.9. The Labute approximate surface area is 228 Å². The molecule has 190 valence electrons. The first-order valence-corrected chi connectivity index (χ1v) is 13.5. The number of pyridine rings is 1. The molecule has 0 aliphatic heterocycles. The molecule has 0 unspecified atom stereocenters. The molecule has 5 rings (SSSR count). The standard InChI is InChI=1S/C27H19Cl2N5O3S/c1-16-30-13-12-26(31-16)34-38(36,37)19-9-7-18(8-10-19)32-27(35)22-15-25(21-11-6-17(28)14-23(21)29)33-24-5-3-2-4-20(22)24/h2-15H,1H3,(H,32,35)(H,30,31,34). The van der Waals surface area contributed by atoms with E-state index >= 15 is 0 Å². The van der Waals surface area contributed by atoms with Gasteiger partial charge in [0, 0.05) is 27.9 Å². The summed E-state index contributed by atoms with van der Waals surface area (Å²) in [4.78, 5) is 26.1. The fourth-order valence-electron chi connectivity index (χ4n) is 3.82. The molecule has 1 amide bonds. The summed E-state index contributed by atoms with van der Waals surface area (Å²) in [6, 6.07) is 21.3. The Bertz CT molecular complexity index is 1800. The van der Waals surface area contributed by atoms with E-state index in [9.17, 15) is 13.2 Å². The van der Waals surface area contributed by atoms with Crippen molar-refractivity contribution in [3.63, 3.8) is 0 Å². The van der Waals surface area contributed by atoms with Gasteiger partial charge in [-0.25, -0.2) is 23.4 Å². The first-order chi connectivity index (χ1) is 18.2. The number of nitrogens with one attached hydrogen (secondary N) is 2. The van der Waals surface area contributed by atoms with E-state index in [1.54, 1.807) is 37.3 Å². The Balaban J connectivity index is 1.43. The molecule has 2 N–H and O–H groups in total. The number of aryl methyl sites for hydroxylation is 1. The fraction of sp³-hybridized carbons (Fsp3) is 0.0370. The maximum absolute atomic E-state index is 13.4. The highest BCUT2D eigenvalue weighted by atomic mass is 35.5. The van der Waals surface area contributed by atoms with Crippen LogP contribution in [-0.2, 0) is 10.0 Å². The van der Waals surface area contributed by atoms with Gasteiger partial charge >= 0.3 is 0 Å². The average Bonchev–Trinajstić information content (AvgIpc) is 2.88. The molecule has 0 saturated heterocycles.